The molecule has 4 rings (SSSR count). The summed E-state index contributed by atoms with van der Waals surface area (Å²) in [7, 11) is 1.65. The fourth-order valence-electron chi connectivity index (χ4n) is 3.90. The number of nitrogens with two attached hydrogens (primary N) is 1. The van der Waals surface area contributed by atoms with Gasteiger partial charge in [0, 0.05) is 18.2 Å². The highest BCUT2D eigenvalue weighted by Gasteiger charge is 2.17. The molecule has 11 heteroatoms. The van der Waals surface area contributed by atoms with E-state index >= 15 is 0 Å². The molecule has 0 aliphatic heterocycles. The van der Waals surface area contributed by atoms with Gasteiger partial charge in [0.1, 0.15) is 11.3 Å². The predicted octanol–water partition coefficient (Wildman–Crippen LogP) is 2.14. The van der Waals surface area contributed by atoms with E-state index in [1.165, 1.54) is 0 Å². The van der Waals surface area contributed by atoms with Gasteiger partial charge in [-0.15, -0.1) is 10.2 Å². The van der Waals surface area contributed by atoms with Crippen molar-refractivity contribution in [3.63, 3.8) is 0 Å². The average Bonchev–Trinajstić information content (AvgIpc) is 3.47. The van der Waals surface area contributed by atoms with Gasteiger partial charge >= 0.3 is 0 Å². The first-order valence-electron chi connectivity index (χ1n) is 11.0. The molecule has 1 atom stereocenters. The molecule has 0 spiro atoms. The van der Waals surface area contributed by atoms with Crippen molar-refractivity contribution < 1.29 is 9.84 Å². The minimum absolute atomic E-state index is 0.0120. The third-order valence-electron chi connectivity index (χ3n) is 5.53. The van der Waals surface area contributed by atoms with Crippen LogP contribution in [0.15, 0.2) is 30.5 Å². The highest BCUT2D eigenvalue weighted by Crippen LogP contribution is 2.28. The van der Waals surface area contributed by atoms with E-state index in [1.807, 2.05) is 24.4 Å². The molecule has 0 fully saturated rings. The quantitative estimate of drug-likeness (QED) is 0.269. The number of nitrogens with one attached hydrogen (secondary N) is 2. The van der Waals surface area contributed by atoms with Gasteiger partial charge in [-0.05, 0) is 30.2 Å². The van der Waals surface area contributed by atoms with Gasteiger partial charge in [0.25, 0.3) is 0 Å². The molecule has 0 aliphatic carbocycles. The number of nitrogen functional groups attached to an aromatic ring is 1. The molecule has 0 saturated heterocycles. The van der Waals surface area contributed by atoms with Crippen molar-refractivity contribution in [1.29, 1.82) is 0 Å². The highest BCUT2D eigenvalue weighted by atomic mass is 16.5. The molecule has 0 saturated carbocycles. The molecule has 0 amide bonds. The summed E-state index contributed by atoms with van der Waals surface area (Å²) in [6, 6.07) is 7.80. The fraction of sp³-hybridized carbons (Fsp3) is 0.409. The zero-order chi connectivity index (χ0) is 23.2. The molecule has 5 N–H and O–H groups in total. The van der Waals surface area contributed by atoms with Gasteiger partial charge in [0.2, 0.25) is 5.95 Å². The molecule has 174 valence electrons. The first kappa shape index (κ1) is 22.5. The van der Waals surface area contributed by atoms with Gasteiger partial charge in [-0.1, -0.05) is 31.0 Å². The Hall–Kier alpha value is -3.73. The third kappa shape index (κ3) is 5.20. The van der Waals surface area contributed by atoms with Gasteiger partial charge < -0.3 is 25.5 Å². The Balaban J connectivity index is 1.67. The van der Waals surface area contributed by atoms with Crippen LogP contribution < -0.4 is 15.8 Å². The summed E-state index contributed by atoms with van der Waals surface area (Å²) in [5.74, 6) is 2.19. The van der Waals surface area contributed by atoms with Crippen LogP contribution in [-0.4, -0.2) is 60.0 Å². The summed E-state index contributed by atoms with van der Waals surface area (Å²) in [6.07, 6.45) is 5.41. The number of hydrogen-bond donors (Lipinski definition) is 4. The maximum Gasteiger partial charge on any atom is 0.222 e. The largest absolute Gasteiger partial charge is 0.496 e. The molecule has 0 bridgehead atoms. The number of nitrogens with zero attached hydrogens (tertiary/aromatic N) is 6. The van der Waals surface area contributed by atoms with Crippen LogP contribution in [0.1, 0.15) is 43.1 Å². The Bertz CT molecular complexity index is 1190. The van der Waals surface area contributed by atoms with Crippen molar-refractivity contribution in [2.75, 3.05) is 24.8 Å². The standard InChI is InChI=1S/C22H29N9O2/c1-3-4-5-16(13-32)24-21-20-17(25-22(23)26-21)8-9-31(20)12-15-10-14(6-7-18(15)33-2)11-19-27-29-30-28-19/h6-10,16,32H,3-5,11-13H2,1-2H3,(H3,23,24,25,26)(H,27,28,29,30)/t16-/m0/s1. The molecule has 0 unspecified atom stereocenters. The number of aliphatic hydroxyl groups is 1. The van der Waals surface area contributed by atoms with Crippen molar-refractivity contribution >= 4 is 22.8 Å². The minimum atomic E-state index is -0.112. The number of aliphatic hydroxyl groups excluding tert-OH is 1. The molecule has 4 aromatic rings. The SMILES string of the molecule is CCCC[C@@H](CO)Nc1nc(N)nc2ccn(Cc3cc(Cc4nn[nH]n4)ccc3OC)c12. The van der Waals surface area contributed by atoms with E-state index in [1.54, 1.807) is 7.11 Å². The number of unbranched alkanes of at least 4 members (excludes halogenated alkanes) is 1. The van der Waals surface area contributed by atoms with E-state index < -0.39 is 0 Å². The highest BCUT2D eigenvalue weighted by molar-refractivity contribution is 5.87. The summed E-state index contributed by atoms with van der Waals surface area (Å²) in [5, 5.41) is 27.4. The lowest BCUT2D eigenvalue weighted by Gasteiger charge is -2.19. The van der Waals surface area contributed by atoms with E-state index in [9.17, 15) is 5.11 Å². The topological polar surface area (TPSA) is 153 Å². The van der Waals surface area contributed by atoms with Crippen molar-refractivity contribution in [2.24, 2.45) is 0 Å². The van der Waals surface area contributed by atoms with Crippen LogP contribution in [-0.2, 0) is 13.0 Å². The average molecular weight is 452 g/mol. The summed E-state index contributed by atoms with van der Waals surface area (Å²) in [5.41, 5.74) is 9.55. The molecular formula is C22H29N9O2. The lowest BCUT2D eigenvalue weighted by Crippen LogP contribution is -2.25. The van der Waals surface area contributed by atoms with E-state index in [-0.39, 0.29) is 18.6 Å². The molecule has 0 radical (unpaired) electrons. The molecule has 3 aromatic heterocycles. The number of anilines is 2. The summed E-state index contributed by atoms with van der Waals surface area (Å²) in [4.78, 5) is 8.84. The molecule has 1 aromatic carbocycles. The molecule has 11 nitrogen and oxygen atoms in total. The Labute approximate surface area is 191 Å². The van der Waals surface area contributed by atoms with Crippen molar-refractivity contribution in [2.45, 2.75) is 45.2 Å². The van der Waals surface area contributed by atoms with Gasteiger partial charge in [-0.2, -0.15) is 10.2 Å². The molecule has 3 heterocycles. The lowest BCUT2D eigenvalue weighted by atomic mass is 10.1. The normalized spacial score (nSPS) is 12.2. The van der Waals surface area contributed by atoms with Gasteiger partial charge in [-0.3, -0.25) is 0 Å². The van der Waals surface area contributed by atoms with Crippen LogP contribution >= 0.6 is 0 Å². The number of ether oxygens (including phenoxy) is 1. The van der Waals surface area contributed by atoms with Crippen molar-refractivity contribution in [3.05, 3.63) is 47.4 Å². The minimum Gasteiger partial charge on any atom is -0.496 e. The maximum absolute atomic E-state index is 9.84. The molecule has 33 heavy (non-hydrogen) atoms. The zero-order valence-corrected chi connectivity index (χ0v) is 18.8. The predicted molar refractivity (Wildman–Crippen MR) is 125 cm³/mol. The van der Waals surface area contributed by atoms with Crippen LogP contribution in [0.2, 0.25) is 0 Å². The molecule has 0 aliphatic rings. The van der Waals surface area contributed by atoms with E-state index in [0.29, 0.717) is 24.6 Å². The second kappa shape index (κ2) is 10.3. The number of tetrazole rings is 1. The summed E-state index contributed by atoms with van der Waals surface area (Å²) < 4.78 is 7.67. The third-order valence-corrected chi connectivity index (χ3v) is 5.53. The second-order valence-electron chi connectivity index (χ2n) is 7.92. The second-order valence-corrected chi connectivity index (χ2v) is 7.92. The van der Waals surface area contributed by atoms with Crippen LogP contribution in [0.5, 0.6) is 5.75 Å². The Morgan fingerprint density at radius 1 is 1.27 bits per heavy atom. The van der Waals surface area contributed by atoms with Gasteiger partial charge in [0.05, 0.1) is 31.8 Å². The Kier molecular flexibility index (Phi) is 6.98. The number of H-pyrrole nitrogens is 1. The number of aromatic nitrogens is 7. The number of methoxy groups -OCH3 is 1. The Morgan fingerprint density at radius 3 is 2.88 bits per heavy atom. The van der Waals surface area contributed by atoms with Crippen LogP contribution in [0.3, 0.4) is 0 Å². The monoisotopic (exact) mass is 451 g/mol. The van der Waals surface area contributed by atoms with E-state index in [0.717, 1.165) is 47.2 Å². The number of rotatable bonds is 11. The number of hydrogen-bond acceptors (Lipinski definition) is 9. The van der Waals surface area contributed by atoms with Crippen LogP contribution in [0.25, 0.3) is 11.0 Å². The van der Waals surface area contributed by atoms with E-state index in [2.05, 4.69) is 53.5 Å². The first-order valence-corrected chi connectivity index (χ1v) is 11.0. The van der Waals surface area contributed by atoms with Crippen LogP contribution in [0, 0.1) is 0 Å². The first-order chi connectivity index (χ1) is 16.1. The maximum atomic E-state index is 9.84. The Morgan fingerprint density at radius 2 is 2.15 bits per heavy atom. The number of aromatic amines is 1. The van der Waals surface area contributed by atoms with Crippen molar-refractivity contribution in [3.8, 4) is 5.75 Å². The van der Waals surface area contributed by atoms with Gasteiger partial charge in [-0.25, -0.2) is 4.98 Å². The number of benzene rings is 1. The van der Waals surface area contributed by atoms with Crippen LogP contribution in [0.4, 0.5) is 11.8 Å². The molecular weight excluding hydrogens is 422 g/mol. The van der Waals surface area contributed by atoms with Gasteiger partial charge in [0.15, 0.2) is 11.6 Å². The summed E-state index contributed by atoms with van der Waals surface area (Å²) >= 11 is 0. The summed E-state index contributed by atoms with van der Waals surface area (Å²) in [6.45, 7) is 2.67. The number of fused-ring (bicyclic) bond motifs is 1. The van der Waals surface area contributed by atoms with Crippen molar-refractivity contribution in [1.82, 2.24) is 35.2 Å². The fourth-order valence-corrected chi connectivity index (χ4v) is 3.90. The zero-order valence-electron chi connectivity index (χ0n) is 18.8. The lowest BCUT2D eigenvalue weighted by molar-refractivity contribution is 0.267. The van der Waals surface area contributed by atoms with E-state index in [4.69, 9.17) is 10.5 Å². The smallest absolute Gasteiger partial charge is 0.222 e.